The largest absolute Gasteiger partial charge is 0.508 e. The summed E-state index contributed by atoms with van der Waals surface area (Å²) < 4.78 is 6.89. The number of carbonyl (C=O) groups is 1. The maximum absolute atomic E-state index is 12.6. The number of hydrogen-bond acceptors (Lipinski definition) is 7. The number of aryl methyl sites for hydroxylation is 1. The van der Waals surface area contributed by atoms with Gasteiger partial charge in [0.15, 0.2) is 5.57 Å². The molecule has 0 bridgehead atoms. The standard InChI is InChI=1S/C18H19N3O4S/c1-4-21-16(23)15(10-20-12-6-7-14(22)11(3)8-12)26-17(21)13(9-19)18(24)25-5-2/h6-8,10,20,22H,4-5H2,1-3H3/b15-10+,17-13-. The molecule has 0 saturated heterocycles. The van der Waals surface area contributed by atoms with E-state index in [1.54, 1.807) is 39.0 Å². The van der Waals surface area contributed by atoms with Crippen molar-refractivity contribution in [2.75, 3.05) is 11.9 Å². The number of nitrogens with one attached hydrogen (secondary N) is 1. The van der Waals surface area contributed by atoms with Crippen LogP contribution in [0.3, 0.4) is 0 Å². The van der Waals surface area contributed by atoms with E-state index in [0.29, 0.717) is 22.3 Å². The molecule has 2 aromatic rings. The Morgan fingerprint density at radius 2 is 2.19 bits per heavy atom. The number of aromatic hydroxyl groups is 1. The number of anilines is 1. The van der Waals surface area contributed by atoms with Gasteiger partial charge in [-0.15, -0.1) is 11.3 Å². The van der Waals surface area contributed by atoms with Crippen molar-refractivity contribution in [2.45, 2.75) is 27.3 Å². The molecule has 2 N–H and O–H groups in total. The molecule has 0 aliphatic heterocycles. The Morgan fingerprint density at radius 3 is 2.77 bits per heavy atom. The molecule has 0 aliphatic rings. The third kappa shape index (κ3) is 3.95. The highest BCUT2D eigenvalue weighted by Crippen LogP contribution is 2.19. The topological polar surface area (TPSA) is 104 Å². The van der Waals surface area contributed by atoms with Gasteiger partial charge in [-0.2, -0.15) is 5.26 Å². The molecule has 1 aromatic heterocycles. The molecule has 0 radical (unpaired) electrons. The number of benzene rings is 1. The van der Waals surface area contributed by atoms with Crippen molar-refractivity contribution in [3.8, 4) is 11.8 Å². The van der Waals surface area contributed by atoms with Crippen molar-refractivity contribution >= 4 is 34.8 Å². The maximum Gasteiger partial charge on any atom is 0.351 e. The summed E-state index contributed by atoms with van der Waals surface area (Å²) in [5, 5.41) is 21.9. The van der Waals surface area contributed by atoms with Gasteiger partial charge in [0, 0.05) is 18.4 Å². The number of nitrogens with zero attached hydrogens (tertiary/aromatic N) is 2. The number of nitriles is 1. The zero-order valence-electron chi connectivity index (χ0n) is 14.7. The van der Waals surface area contributed by atoms with Crippen molar-refractivity contribution in [1.82, 2.24) is 4.57 Å². The number of aromatic nitrogens is 1. The van der Waals surface area contributed by atoms with Gasteiger partial charge in [-0.3, -0.25) is 9.36 Å². The van der Waals surface area contributed by atoms with Gasteiger partial charge < -0.3 is 15.2 Å². The molecule has 0 spiro atoms. The van der Waals surface area contributed by atoms with Crippen LogP contribution >= 0.6 is 11.3 Å². The van der Waals surface area contributed by atoms with E-state index in [0.717, 1.165) is 11.3 Å². The fraction of sp³-hybridized carbons (Fsp3) is 0.278. The number of rotatable bonds is 5. The molecule has 0 aliphatic carbocycles. The summed E-state index contributed by atoms with van der Waals surface area (Å²) in [5.41, 5.74) is 0.916. The second-order valence-electron chi connectivity index (χ2n) is 5.32. The first kappa shape index (κ1) is 19.3. The van der Waals surface area contributed by atoms with Crippen LogP contribution in [-0.2, 0) is 16.1 Å². The second kappa shape index (κ2) is 8.36. The van der Waals surface area contributed by atoms with E-state index in [9.17, 15) is 20.0 Å². The highest BCUT2D eigenvalue weighted by atomic mass is 32.1. The SMILES string of the molecule is CCOC(=O)/C(C#N)=c1\s/c(=C/Nc2ccc(O)c(C)c2)c(=O)n1CC. The summed E-state index contributed by atoms with van der Waals surface area (Å²) in [7, 11) is 0. The first-order valence-corrected chi connectivity index (χ1v) is 8.82. The first-order chi connectivity index (χ1) is 12.4. The molecule has 1 aromatic carbocycles. The van der Waals surface area contributed by atoms with Gasteiger partial charge in [0.25, 0.3) is 5.56 Å². The predicted molar refractivity (Wildman–Crippen MR) is 100 cm³/mol. The van der Waals surface area contributed by atoms with Gasteiger partial charge in [0.1, 0.15) is 21.0 Å². The third-order valence-corrected chi connectivity index (χ3v) is 4.73. The lowest BCUT2D eigenvalue weighted by molar-refractivity contribution is -0.136. The van der Waals surface area contributed by atoms with Crippen LogP contribution in [0.4, 0.5) is 5.69 Å². The van der Waals surface area contributed by atoms with E-state index < -0.39 is 5.97 Å². The van der Waals surface area contributed by atoms with Crippen molar-refractivity contribution in [3.63, 3.8) is 0 Å². The fourth-order valence-electron chi connectivity index (χ4n) is 2.27. The van der Waals surface area contributed by atoms with E-state index in [-0.39, 0.29) is 28.2 Å². The number of esters is 1. The highest BCUT2D eigenvalue weighted by Gasteiger charge is 2.16. The zero-order chi connectivity index (χ0) is 19.3. The Morgan fingerprint density at radius 1 is 1.46 bits per heavy atom. The molecule has 8 heteroatoms. The smallest absolute Gasteiger partial charge is 0.351 e. The molecular formula is C18H19N3O4S. The van der Waals surface area contributed by atoms with Gasteiger partial charge in [0.2, 0.25) is 0 Å². The Labute approximate surface area is 154 Å². The zero-order valence-corrected chi connectivity index (χ0v) is 15.5. The first-order valence-electron chi connectivity index (χ1n) is 8.00. The Kier molecular flexibility index (Phi) is 6.20. The van der Waals surface area contributed by atoms with Gasteiger partial charge in [-0.25, -0.2) is 4.79 Å². The summed E-state index contributed by atoms with van der Waals surface area (Å²) in [6.45, 7) is 5.64. The molecule has 0 atom stereocenters. The third-order valence-electron chi connectivity index (χ3n) is 3.60. The van der Waals surface area contributed by atoms with E-state index >= 15 is 0 Å². The lowest BCUT2D eigenvalue weighted by atomic mass is 10.2. The van der Waals surface area contributed by atoms with E-state index in [2.05, 4.69) is 5.32 Å². The van der Waals surface area contributed by atoms with Gasteiger partial charge >= 0.3 is 5.97 Å². The van der Waals surface area contributed by atoms with Crippen LogP contribution in [0.5, 0.6) is 5.75 Å². The van der Waals surface area contributed by atoms with E-state index in [1.165, 1.54) is 10.8 Å². The Hall–Kier alpha value is -3.05. The number of ether oxygens (including phenoxy) is 1. The summed E-state index contributed by atoms with van der Waals surface area (Å²) in [6.07, 6.45) is 1.52. The second-order valence-corrected chi connectivity index (χ2v) is 6.35. The lowest BCUT2D eigenvalue weighted by Gasteiger charge is -2.03. The van der Waals surface area contributed by atoms with Crippen LogP contribution < -0.4 is 20.1 Å². The number of phenols is 1. The van der Waals surface area contributed by atoms with Crippen LogP contribution in [0.1, 0.15) is 19.4 Å². The minimum atomic E-state index is -0.743. The highest BCUT2D eigenvalue weighted by molar-refractivity contribution is 7.07. The molecule has 26 heavy (non-hydrogen) atoms. The van der Waals surface area contributed by atoms with Gasteiger partial charge in [-0.05, 0) is 44.5 Å². The predicted octanol–water partition coefficient (Wildman–Crippen LogP) is 1.03. The average Bonchev–Trinajstić information content (AvgIpc) is 2.92. The molecule has 2 rings (SSSR count). The van der Waals surface area contributed by atoms with Gasteiger partial charge in [0.05, 0.1) is 6.61 Å². The van der Waals surface area contributed by atoms with Crippen LogP contribution in [0.2, 0.25) is 0 Å². The van der Waals surface area contributed by atoms with Crippen molar-refractivity contribution in [1.29, 1.82) is 5.26 Å². The molecule has 1 heterocycles. The Balaban J connectivity index is 2.56. The minimum absolute atomic E-state index is 0.145. The van der Waals surface area contributed by atoms with Crippen LogP contribution in [0.25, 0.3) is 11.8 Å². The summed E-state index contributed by atoms with van der Waals surface area (Å²) >= 11 is 1.05. The van der Waals surface area contributed by atoms with E-state index in [4.69, 9.17) is 4.74 Å². The summed E-state index contributed by atoms with van der Waals surface area (Å²) in [4.78, 5) is 24.5. The maximum atomic E-state index is 12.6. The normalized spacial score (nSPS) is 12.5. The molecular weight excluding hydrogens is 354 g/mol. The molecule has 0 amide bonds. The van der Waals surface area contributed by atoms with E-state index in [1.807, 2.05) is 6.07 Å². The molecule has 0 unspecified atom stereocenters. The summed E-state index contributed by atoms with van der Waals surface area (Å²) in [6, 6.07) is 6.81. The van der Waals surface area contributed by atoms with Crippen LogP contribution in [0.15, 0.2) is 23.0 Å². The van der Waals surface area contributed by atoms with Crippen LogP contribution in [0, 0.1) is 18.3 Å². The molecule has 136 valence electrons. The Bertz CT molecular complexity index is 1040. The molecule has 0 fully saturated rings. The lowest BCUT2D eigenvalue weighted by Crippen LogP contribution is -2.32. The molecule has 7 nitrogen and oxygen atoms in total. The molecule has 0 saturated carbocycles. The monoisotopic (exact) mass is 373 g/mol. The van der Waals surface area contributed by atoms with Gasteiger partial charge in [-0.1, -0.05) is 0 Å². The quantitative estimate of drug-likeness (QED) is 0.599. The fourth-order valence-corrected chi connectivity index (χ4v) is 3.35. The number of carbonyl (C=O) groups excluding carboxylic acids is 1. The van der Waals surface area contributed by atoms with Crippen molar-refractivity contribution < 1.29 is 14.6 Å². The summed E-state index contributed by atoms with van der Waals surface area (Å²) in [5.74, 6) is -0.558. The van der Waals surface area contributed by atoms with Crippen LogP contribution in [-0.4, -0.2) is 22.2 Å². The van der Waals surface area contributed by atoms with Crippen molar-refractivity contribution in [2.24, 2.45) is 0 Å². The van der Waals surface area contributed by atoms with Crippen molar-refractivity contribution in [3.05, 3.63) is 43.3 Å². The average molecular weight is 373 g/mol. The minimum Gasteiger partial charge on any atom is -0.508 e. The number of phenolic OH excluding ortho intramolecular Hbond substituents is 1. The number of hydrogen-bond donors (Lipinski definition) is 2. The number of thiazole rings is 1.